The molecule has 1 fully saturated rings. The van der Waals surface area contributed by atoms with E-state index in [0.717, 1.165) is 37.1 Å². The molecule has 1 aliphatic rings. The third kappa shape index (κ3) is 4.33. The van der Waals surface area contributed by atoms with Crippen LogP contribution in [0.1, 0.15) is 24.8 Å². The largest absolute Gasteiger partial charge is 0.416 e. The summed E-state index contributed by atoms with van der Waals surface area (Å²) < 4.78 is 48.7. The van der Waals surface area contributed by atoms with Gasteiger partial charge >= 0.3 is 6.18 Å². The predicted molar refractivity (Wildman–Crippen MR) is 87.7 cm³/mol. The summed E-state index contributed by atoms with van der Waals surface area (Å²) in [6, 6.07) is 1.63. The second-order valence-electron chi connectivity index (χ2n) is 5.37. The SMILES string of the molecule is COC(OC)C1CCC/C1=N/Nc1c(Cl)cc(C(F)(F)F)cc1Cl. The van der Waals surface area contributed by atoms with E-state index in [4.69, 9.17) is 32.7 Å². The molecule has 1 aromatic rings. The Labute approximate surface area is 147 Å². The molecule has 0 aliphatic heterocycles. The van der Waals surface area contributed by atoms with Gasteiger partial charge in [-0.1, -0.05) is 23.2 Å². The van der Waals surface area contributed by atoms with Crippen LogP contribution in [0.2, 0.25) is 10.0 Å². The van der Waals surface area contributed by atoms with Crippen molar-refractivity contribution in [3.05, 3.63) is 27.7 Å². The van der Waals surface area contributed by atoms with Crippen LogP contribution in [-0.4, -0.2) is 26.2 Å². The van der Waals surface area contributed by atoms with E-state index in [2.05, 4.69) is 10.5 Å². The van der Waals surface area contributed by atoms with Crippen LogP contribution in [0.25, 0.3) is 0 Å². The lowest BCUT2D eigenvalue weighted by Crippen LogP contribution is -2.28. The van der Waals surface area contributed by atoms with Crippen molar-refractivity contribution in [2.45, 2.75) is 31.7 Å². The van der Waals surface area contributed by atoms with Gasteiger partial charge < -0.3 is 9.47 Å². The highest BCUT2D eigenvalue weighted by Crippen LogP contribution is 2.38. The Morgan fingerprint density at radius 1 is 1.21 bits per heavy atom. The topological polar surface area (TPSA) is 42.9 Å². The van der Waals surface area contributed by atoms with E-state index in [1.807, 2.05) is 0 Å². The van der Waals surface area contributed by atoms with Gasteiger partial charge in [-0.05, 0) is 31.4 Å². The molecule has 1 saturated carbocycles. The van der Waals surface area contributed by atoms with Crippen molar-refractivity contribution in [2.24, 2.45) is 11.0 Å². The van der Waals surface area contributed by atoms with Gasteiger partial charge in [0.15, 0.2) is 6.29 Å². The Hall–Kier alpha value is -1.02. The molecule has 0 bridgehead atoms. The monoisotopic (exact) mass is 384 g/mol. The summed E-state index contributed by atoms with van der Waals surface area (Å²) in [5, 5.41) is 3.96. The van der Waals surface area contributed by atoms with Crippen molar-refractivity contribution in [2.75, 3.05) is 19.6 Å². The van der Waals surface area contributed by atoms with Crippen LogP contribution < -0.4 is 5.43 Å². The maximum absolute atomic E-state index is 12.7. The van der Waals surface area contributed by atoms with Crippen molar-refractivity contribution in [1.29, 1.82) is 0 Å². The molecule has 1 N–H and O–H groups in total. The van der Waals surface area contributed by atoms with Crippen molar-refractivity contribution < 1.29 is 22.6 Å². The average Bonchev–Trinajstić information content (AvgIpc) is 2.95. The van der Waals surface area contributed by atoms with E-state index in [1.54, 1.807) is 14.2 Å². The second-order valence-corrected chi connectivity index (χ2v) is 6.18. The molecule has 9 heteroatoms. The fraction of sp³-hybridized carbons (Fsp3) is 0.533. The number of benzene rings is 1. The molecule has 0 amide bonds. The summed E-state index contributed by atoms with van der Waals surface area (Å²) in [7, 11) is 3.09. The van der Waals surface area contributed by atoms with Gasteiger partial charge in [0.2, 0.25) is 0 Å². The minimum absolute atomic E-state index is 0.0282. The Kier molecular flexibility index (Phi) is 6.36. The molecular formula is C15H17Cl2F3N2O2. The Bertz CT molecular complexity index is 596. The van der Waals surface area contributed by atoms with Gasteiger partial charge in [0, 0.05) is 19.9 Å². The number of hydrogen-bond donors (Lipinski definition) is 1. The molecule has 1 aliphatic carbocycles. The fourth-order valence-electron chi connectivity index (χ4n) is 2.68. The zero-order valence-electron chi connectivity index (χ0n) is 13.1. The first-order chi connectivity index (χ1) is 11.3. The number of methoxy groups -OCH3 is 2. The highest BCUT2D eigenvalue weighted by molar-refractivity contribution is 6.39. The first-order valence-corrected chi connectivity index (χ1v) is 7.97. The number of nitrogens with one attached hydrogen (secondary N) is 1. The number of nitrogens with zero attached hydrogens (tertiary/aromatic N) is 1. The highest BCUT2D eigenvalue weighted by Gasteiger charge is 2.33. The van der Waals surface area contributed by atoms with E-state index in [9.17, 15) is 13.2 Å². The van der Waals surface area contributed by atoms with Crippen LogP contribution in [0.5, 0.6) is 0 Å². The van der Waals surface area contributed by atoms with Crippen LogP contribution in [-0.2, 0) is 15.7 Å². The van der Waals surface area contributed by atoms with Crippen molar-refractivity contribution >= 4 is 34.6 Å². The Morgan fingerprint density at radius 3 is 2.29 bits per heavy atom. The molecule has 1 aromatic carbocycles. The number of hydrazone groups is 1. The third-order valence-corrected chi connectivity index (χ3v) is 4.45. The quantitative estimate of drug-likeness (QED) is 0.560. The second kappa shape index (κ2) is 7.91. The molecule has 2 rings (SSSR count). The molecule has 0 aromatic heterocycles. The summed E-state index contributed by atoms with van der Waals surface area (Å²) in [6.45, 7) is 0. The molecule has 0 saturated heterocycles. The molecule has 1 atom stereocenters. The van der Waals surface area contributed by atoms with Crippen LogP contribution in [0.4, 0.5) is 18.9 Å². The van der Waals surface area contributed by atoms with Gasteiger partial charge in [-0.25, -0.2) is 0 Å². The Morgan fingerprint density at radius 2 is 1.79 bits per heavy atom. The minimum atomic E-state index is -4.52. The first-order valence-electron chi connectivity index (χ1n) is 7.22. The number of anilines is 1. The van der Waals surface area contributed by atoms with Crippen molar-refractivity contribution in [1.82, 2.24) is 0 Å². The summed E-state index contributed by atoms with van der Waals surface area (Å²) in [5.41, 5.74) is 2.71. The molecule has 1 unspecified atom stereocenters. The summed E-state index contributed by atoms with van der Waals surface area (Å²) in [6.07, 6.45) is -2.44. The molecule has 134 valence electrons. The number of ether oxygens (including phenoxy) is 2. The lowest BCUT2D eigenvalue weighted by molar-refractivity contribution is -0.137. The first kappa shape index (κ1) is 19.3. The average molecular weight is 385 g/mol. The van der Waals surface area contributed by atoms with E-state index in [1.165, 1.54) is 0 Å². The standard InChI is InChI=1S/C15H17Cl2F3N2O2/c1-23-14(24-2)9-4-3-5-12(9)21-22-13-10(16)6-8(7-11(13)17)15(18,19)20/h6-7,9,14,22H,3-5H2,1-2H3/b21-12-. The fourth-order valence-corrected chi connectivity index (χ4v) is 3.25. The predicted octanol–water partition coefficient (Wildman–Crippen LogP) is 5.20. The maximum Gasteiger partial charge on any atom is 0.416 e. The van der Waals surface area contributed by atoms with Gasteiger partial charge in [-0.3, -0.25) is 5.43 Å². The highest BCUT2D eigenvalue weighted by atomic mass is 35.5. The van der Waals surface area contributed by atoms with Crippen LogP contribution in [0, 0.1) is 5.92 Å². The maximum atomic E-state index is 12.7. The van der Waals surface area contributed by atoms with Gasteiger partial charge in [-0.2, -0.15) is 18.3 Å². The van der Waals surface area contributed by atoms with Crippen molar-refractivity contribution in [3.63, 3.8) is 0 Å². The molecule has 0 spiro atoms. The number of rotatable bonds is 5. The van der Waals surface area contributed by atoms with Gasteiger partial charge in [0.1, 0.15) is 0 Å². The van der Waals surface area contributed by atoms with E-state index >= 15 is 0 Å². The number of halogens is 5. The van der Waals surface area contributed by atoms with E-state index < -0.39 is 18.0 Å². The molecule has 0 heterocycles. The molecule has 24 heavy (non-hydrogen) atoms. The van der Waals surface area contributed by atoms with E-state index in [0.29, 0.717) is 0 Å². The zero-order valence-corrected chi connectivity index (χ0v) is 14.6. The molecule has 0 radical (unpaired) electrons. The molecular weight excluding hydrogens is 368 g/mol. The van der Waals surface area contributed by atoms with Crippen LogP contribution >= 0.6 is 23.2 Å². The smallest absolute Gasteiger partial charge is 0.355 e. The zero-order chi connectivity index (χ0) is 17.9. The van der Waals surface area contributed by atoms with Crippen LogP contribution in [0.15, 0.2) is 17.2 Å². The number of alkyl halides is 3. The molecule has 4 nitrogen and oxygen atoms in total. The van der Waals surface area contributed by atoms with Gasteiger partial charge in [-0.15, -0.1) is 0 Å². The summed E-state index contributed by atoms with van der Waals surface area (Å²) in [4.78, 5) is 0. The third-order valence-electron chi connectivity index (χ3n) is 3.85. The summed E-state index contributed by atoms with van der Waals surface area (Å²) >= 11 is 11.8. The minimum Gasteiger partial charge on any atom is -0.355 e. The van der Waals surface area contributed by atoms with Gasteiger partial charge in [0.05, 0.1) is 27.2 Å². The van der Waals surface area contributed by atoms with Crippen LogP contribution in [0.3, 0.4) is 0 Å². The van der Waals surface area contributed by atoms with Gasteiger partial charge in [0.25, 0.3) is 0 Å². The van der Waals surface area contributed by atoms with Crippen molar-refractivity contribution in [3.8, 4) is 0 Å². The number of hydrogen-bond acceptors (Lipinski definition) is 4. The lowest BCUT2D eigenvalue weighted by Gasteiger charge is -2.21. The summed E-state index contributed by atoms with van der Waals surface area (Å²) in [5.74, 6) is -0.0282. The Balaban J connectivity index is 2.22. The lowest BCUT2D eigenvalue weighted by atomic mass is 10.1. The normalized spacial score (nSPS) is 20.2. The van der Waals surface area contributed by atoms with E-state index in [-0.39, 0.29) is 21.7 Å².